The number of piperazine rings is 1. The molecule has 1 atom stereocenters. The molecule has 1 unspecified atom stereocenters. The van der Waals surface area contributed by atoms with Crippen LogP contribution in [0.5, 0.6) is 0 Å². The fraction of sp³-hybridized carbons (Fsp3) is 0.545. The molecule has 31 heavy (non-hydrogen) atoms. The van der Waals surface area contributed by atoms with Gasteiger partial charge in [0, 0.05) is 52.0 Å². The van der Waals surface area contributed by atoms with Crippen molar-refractivity contribution in [2.24, 2.45) is 5.92 Å². The number of benzene rings is 1. The van der Waals surface area contributed by atoms with Gasteiger partial charge >= 0.3 is 0 Å². The van der Waals surface area contributed by atoms with Crippen molar-refractivity contribution in [3.8, 4) is 6.07 Å². The van der Waals surface area contributed by atoms with Crippen LogP contribution in [0, 0.1) is 22.0 Å². The Morgan fingerprint density at radius 1 is 1.29 bits per heavy atom. The molecule has 1 saturated heterocycles. The Hall–Kier alpha value is -2.54. The van der Waals surface area contributed by atoms with Gasteiger partial charge in [-0.25, -0.2) is 0 Å². The fourth-order valence-corrected chi connectivity index (χ4v) is 4.28. The van der Waals surface area contributed by atoms with Crippen LogP contribution in [-0.2, 0) is 11.3 Å². The first kappa shape index (κ1) is 23.1. The highest BCUT2D eigenvalue weighted by atomic mass is 32.1. The number of aromatic amines is 1. The molecule has 0 aliphatic carbocycles. The zero-order valence-corrected chi connectivity index (χ0v) is 19.1. The Labute approximate surface area is 187 Å². The molecule has 1 aromatic carbocycles. The summed E-state index contributed by atoms with van der Waals surface area (Å²) in [6.45, 7) is 7.58. The molecule has 166 valence electrons. The van der Waals surface area contributed by atoms with E-state index in [0.717, 1.165) is 0 Å². The number of carbonyl (C=O) groups excluding carboxylic acids is 1. The summed E-state index contributed by atoms with van der Waals surface area (Å²) in [5.74, 6) is 0.164. The minimum Gasteiger partial charge on any atom is -0.385 e. The van der Waals surface area contributed by atoms with Crippen LogP contribution in [0.2, 0.25) is 0 Å². The maximum atomic E-state index is 13.0. The van der Waals surface area contributed by atoms with Gasteiger partial charge in [0.25, 0.3) is 11.5 Å². The van der Waals surface area contributed by atoms with Gasteiger partial charge in [0.1, 0.15) is 6.04 Å². The van der Waals surface area contributed by atoms with Crippen LogP contribution in [0.1, 0.15) is 30.6 Å². The molecule has 1 fully saturated rings. The number of H-pyrrole nitrogens is 1. The molecule has 3 rings (SSSR count). The third kappa shape index (κ3) is 5.03. The maximum Gasteiger partial charge on any atom is 0.262 e. The zero-order valence-electron chi connectivity index (χ0n) is 18.3. The number of rotatable bonds is 7. The molecule has 0 bridgehead atoms. The molecule has 0 radical (unpaired) electrons. The number of methoxy groups -OCH3 is 1. The van der Waals surface area contributed by atoms with Gasteiger partial charge in [-0.1, -0.05) is 13.8 Å². The number of hydrogen-bond donors (Lipinski definition) is 1. The van der Waals surface area contributed by atoms with Crippen LogP contribution >= 0.6 is 12.2 Å². The van der Waals surface area contributed by atoms with E-state index in [0.29, 0.717) is 67.0 Å². The lowest BCUT2D eigenvalue weighted by molar-refractivity contribution is 0.0577. The Morgan fingerprint density at radius 3 is 2.61 bits per heavy atom. The molecule has 2 aromatic rings. The highest BCUT2D eigenvalue weighted by molar-refractivity contribution is 7.71. The van der Waals surface area contributed by atoms with Crippen LogP contribution < -0.4 is 5.56 Å². The second-order valence-electron chi connectivity index (χ2n) is 8.14. The third-order valence-corrected chi connectivity index (χ3v) is 6.04. The maximum absolute atomic E-state index is 13.0. The second kappa shape index (κ2) is 10.2. The molecular formula is C22H29N5O3S. The summed E-state index contributed by atoms with van der Waals surface area (Å²) in [7, 11) is 1.62. The molecule has 1 amide bonds. The van der Waals surface area contributed by atoms with Gasteiger partial charge < -0.3 is 14.6 Å². The van der Waals surface area contributed by atoms with E-state index in [1.54, 1.807) is 30.2 Å². The van der Waals surface area contributed by atoms with Crippen LogP contribution in [0.25, 0.3) is 10.9 Å². The molecule has 9 heteroatoms. The van der Waals surface area contributed by atoms with Gasteiger partial charge in [-0.05, 0) is 42.8 Å². The van der Waals surface area contributed by atoms with Crippen molar-refractivity contribution in [1.29, 1.82) is 5.26 Å². The molecule has 1 aromatic heterocycles. The monoisotopic (exact) mass is 443 g/mol. The largest absolute Gasteiger partial charge is 0.385 e. The second-order valence-corrected chi connectivity index (χ2v) is 8.53. The van der Waals surface area contributed by atoms with E-state index in [2.05, 4.69) is 16.0 Å². The average Bonchev–Trinajstić information content (AvgIpc) is 2.76. The number of nitrogens with one attached hydrogen (secondary N) is 1. The van der Waals surface area contributed by atoms with Crippen LogP contribution in [0.3, 0.4) is 0 Å². The summed E-state index contributed by atoms with van der Waals surface area (Å²) in [4.78, 5) is 32.9. The number of carbonyl (C=O) groups is 1. The number of nitrogens with zero attached hydrogens (tertiary/aromatic N) is 4. The zero-order chi connectivity index (χ0) is 22.5. The summed E-state index contributed by atoms with van der Waals surface area (Å²) in [5, 5.41) is 9.91. The molecule has 1 N–H and O–H groups in total. The van der Waals surface area contributed by atoms with Gasteiger partial charge in [0.15, 0.2) is 4.77 Å². The van der Waals surface area contributed by atoms with Crippen molar-refractivity contribution >= 4 is 29.0 Å². The average molecular weight is 444 g/mol. The van der Waals surface area contributed by atoms with E-state index in [1.165, 1.54) is 4.57 Å². The molecule has 1 aliphatic rings. The van der Waals surface area contributed by atoms with Crippen molar-refractivity contribution < 1.29 is 9.53 Å². The lowest BCUT2D eigenvalue weighted by atomic mass is 10.0. The highest BCUT2D eigenvalue weighted by Crippen LogP contribution is 2.17. The standard InChI is InChI=1S/C22H29N5O3S/c1-15(2)19(14-23)25-8-10-26(11-9-25)20(28)16-5-6-17-18(13-16)24-22(31)27(21(17)29)7-4-12-30-3/h5-6,13,15,19H,4,7-12H2,1-3H3,(H,24,31). The minimum absolute atomic E-state index is 0.0804. The minimum atomic E-state index is -0.168. The topological polar surface area (TPSA) is 94.4 Å². The van der Waals surface area contributed by atoms with Crippen molar-refractivity contribution in [3.63, 3.8) is 0 Å². The van der Waals surface area contributed by atoms with Crippen molar-refractivity contribution in [2.75, 3.05) is 39.9 Å². The van der Waals surface area contributed by atoms with Gasteiger partial charge in [-0.3, -0.25) is 19.1 Å². The van der Waals surface area contributed by atoms with Gasteiger partial charge in [0.05, 0.1) is 17.0 Å². The Bertz CT molecular complexity index is 1090. The molecular weight excluding hydrogens is 414 g/mol. The van der Waals surface area contributed by atoms with Gasteiger partial charge in [0.2, 0.25) is 0 Å². The SMILES string of the molecule is COCCCn1c(=S)[nH]c2cc(C(=O)N3CCN(C(C#N)C(C)C)CC3)ccc2c1=O. The summed E-state index contributed by atoms with van der Waals surface area (Å²) in [5.41, 5.74) is 0.911. The summed E-state index contributed by atoms with van der Waals surface area (Å²) in [6, 6.07) is 7.31. The third-order valence-electron chi connectivity index (χ3n) is 5.72. The number of aromatic nitrogens is 2. The van der Waals surface area contributed by atoms with E-state index in [9.17, 15) is 14.9 Å². The molecule has 8 nitrogen and oxygen atoms in total. The van der Waals surface area contributed by atoms with Crippen molar-refractivity contribution in [3.05, 3.63) is 38.9 Å². The number of fused-ring (bicyclic) bond motifs is 1. The van der Waals surface area contributed by atoms with Crippen LogP contribution in [-0.4, -0.2) is 71.2 Å². The van der Waals surface area contributed by atoms with E-state index in [-0.39, 0.29) is 23.4 Å². The predicted octanol–water partition coefficient (Wildman–Crippen LogP) is 2.40. The van der Waals surface area contributed by atoms with E-state index in [4.69, 9.17) is 17.0 Å². The first-order valence-electron chi connectivity index (χ1n) is 10.6. The van der Waals surface area contributed by atoms with Gasteiger partial charge in [-0.15, -0.1) is 0 Å². The Balaban J connectivity index is 1.77. The van der Waals surface area contributed by atoms with E-state index < -0.39 is 0 Å². The van der Waals surface area contributed by atoms with Crippen molar-refractivity contribution in [2.45, 2.75) is 32.9 Å². The Kier molecular flexibility index (Phi) is 7.59. The molecule has 0 saturated carbocycles. The molecule has 1 aliphatic heterocycles. The predicted molar refractivity (Wildman–Crippen MR) is 122 cm³/mol. The number of nitriles is 1. The van der Waals surface area contributed by atoms with Crippen LogP contribution in [0.4, 0.5) is 0 Å². The van der Waals surface area contributed by atoms with Crippen molar-refractivity contribution in [1.82, 2.24) is 19.4 Å². The smallest absolute Gasteiger partial charge is 0.262 e. The molecule has 2 heterocycles. The fourth-order valence-electron chi connectivity index (χ4n) is 4.00. The lowest BCUT2D eigenvalue weighted by Gasteiger charge is -2.38. The lowest BCUT2D eigenvalue weighted by Crippen LogP contribution is -2.52. The highest BCUT2D eigenvalue weighted by Gasteiger charge is 2.28. The quantitative estimate of drug-likeness (QED) is 0.522. The summed E-state index contributed by atoms with van der Waals surface area (Å²) >= 11 is 5.36. The number of ether oxygens (including phenoxy) is 1. The van der Waals surface area contributed by atoms with Gasteiger partial charge in [-0.2, -0.15) is 5.26 Å². The normalized spacial score (nSPS) is 15.9. The van der Waals surface area contributed by atoms with Crippen LogP contribution in [0.15, 0.2) is 23.0 Å². The number of amides is 1. The first-order chi connectivity index (χ1) is 14.9. The summed E-state index contributed by atoms with van der Waals surface area (Å²) < 4.78 is 6.91. The number of hydrogen-bond acceptors (Lipinski definition) is 6. The van der Waals surface area contributed by atoms with E-state index >= 15 is 0 Å². The molecule has 0 spiro atoms. The Morgan fingerprint density at radius 2 is 2.00 bits per heavy atom. The summed E-state index contributed by atoms with van der Waals surface area (Å²) in [6.07, 6.45) is 0.686. The first-order valence-corrected chi connectivity index (χ1v) is 11.0. The van der Waals surface area contributed by atoms with E-state index in [1.807, 2.05) is 13.8 Å².